The molecule has 1 aliphatic heterocycles. The zero-order valence-electron chi connectivity index (χ0n) is 12.4. The van der Waals surface area contributed by atoms with Crippen LogP contribution in [0.15, 0.2) is 18.5 Å². The summed E-state index contributed by atoms with van der Waals surface area (Å²) in [6.07, 6.45) is 3.35. The molecule has 2 amide bonds. The molecule has 8 heteroatoms. The Kier molecular flexibility index (Phi) is 4.02. The van der Waals surface area contributed by atoms with Crippen molar-refractivity contribution in [1.29, 1.82) is 0 Å². The predicted molar refractivity (Wildman–Crippen MR) is 86.0 cm³/mol. The van der Waals surface area contributed by atoms with Crippen molar-refractivity contribution in [3.8, 4) is 0 Å². The second-order valence-corrected chi connectivity index (χ2v) is 6.45. The van der Waals surface area contributed by atoms with E-state index in [4.69, 9.17) is 0 Å². The summed E-state index contributed by atoms with van der Waals surface area (Å²) < 4.78 is 1.83. The Morgan fingerprint density at radius 2 is 2.27 bits per heavy atom. The lowest BCUT2D eigenvalue weighted by molar-refractivity contribution is -0.116. The summed E-state index contributed by atoms with van der Waals surface area (Å²) in [5, 5.41) is 7.91. The number of carbonyl (C=O) groups excluding carboxylic acids is 2. The topological polar surface area (TPSA) is 80.1 Å². The molecule has 0 aliphatic carbocycles. The SMILES string of the molecule is CC(C)n1ncc2cc(NC(=O)CN3CCSC3=O)cnc21. The van der Waals surface area contributed by atoms with Gasteiger partial charge in [-0.3, -0.25) is 9.59 Å². The molecule has 3 heterocycles. The first-order valence-corrected chi connectivity index (χ1v) is 8.08. The van der Waals surface area contributed by atoms with Gasteiger partial charge in [-0.2, -0.15) is 5.10 Å². The van der Waals surface area contributed by atoms with Gasteiger partial charge >= 0.3 is 0 Å². The van der Waals surface area contributed by atoms with Gasteiger partial charge in [0.25, 0.3) is 5.24 Å². The van der Waals surface area contributed by atoms with Crippen LogP contribution >= 0.6 is 11.8 Å². The second kappa shape index (κ2) is 5.96. The predicted octanol–water partition coefficient (Wildman–Crippen LogP) is 2.12. The van der Waals surface area contributed by atoms with Crippen LogP contribution in [-0.2, 0) is 4.79 Å². The lowest BCUT2D eigenvalue weighted by atomic mass is 10.3. The molecule has 1 aliphatic rings. The first kappa shape index (κ1) is 14.8. The van der Waals surface area contributed by atoms with Gasteiger partial charge in [0.1, 0.15) is 6.54 Å². The number of nitrogens with one attached hydrogen (secondary N) is 1. The maximum absolute atomic E-state index is 12.0. The lowest BCUT2D eigenvalue weighted by Gasteiger charge is -2.14. The number of carbonyl (C=O) groups is 2. The number of fused-ring (bicyclic) bond motifs is 1. The minimum Gasteiger partial charge on any atom is -0.323 e. The van der Waals surface area contributed by atoms with E-state index < -0.39 is 0 Å². The summed E-state index contributed by atoms with van der Waals surface area (Å²) in [7, 11) is 0. The van der Waals surface area contributed by atoms with Gasteiger partial charge in [-0.25, -0.2) is 9.67 Å². The molecule has 0 unspecified atom stereocenters. The number of amides is 2. The fraction of sp³-hybridized carbons (Fsp3) is 0.429. The monoisotopic (exact) mass is 319 g/mol. The molecule has 0 atom stereocenters. The molecule has 1 N–H and O–H groups in total. The van der Waals surface area contributed by atoms with Crippen LogP contribution in [-0.4, -0.2) is 49.7 Å². The van der Waals surface area contributed by atoms with Crippen LogP contribution in [0.3, 0.4) is 0 Å². The Hall–Kier alpha value is -2.09. The zero-order chi connectivity index (χ0) is 15.7. The van der Waals surface area contributed by atoms with Gasteiger partial charge in [0.15, 0.2) is 5.65 Å². The number of nitrogens with zero attached hydrogens (tertiary/aromatic N) is 4. The van der Waals surface area contributed by atoms with Crippen LogP contribution in [0.1, 0.15) is 19.9 Å². The molecule has 1 saturated heterocycles. The molecule has 7 nitrogen and oxygen atoms in total. The van der Waals surface area contributed by atoms with Gasteiger partial charge in [-0.05, 0) is 19.9 Å². The van der Waals surface area contributed by atoms with E-state index in [-0.39, 0.29) is 23.7 Å². The minimum atomic E-state index is -0.215. The normalized spacial score (nSPS) is 15.0. The van der Waals surface area contributed by atoms with Gasteiger partial charge in [0, 0.05) is 23.7 Å². The summed E-state index contributed by atoms with van der Waals surface area (Å²) >= 11 is 1.24. The Bertz CT molecular complexity index is 727. The zero-order valence-corrected chi connectivity index (χ0v) is 13.3. The Morgan fingerprint density at radius 3 is 2.95 bits per heavy atom. The number of aromatic nitrogens is 3. The molecular formula is C14H17N5O2S. The molecule has 0 spiro atoms. The largest absolute Gasteiger partial charge is 0.323 e. The molecule has 0 saturated carbocycles. The molecule has 0 bridgehead atoms. The number of anilines is 1. The van der Waals surface area contributed by atoms with E-state index >= 15 is 0 Å². The van der Waals surface area contributed by atoms with Crippen LogP contribution in [0, 0.1) is 0 Å². The van der Waals surface area contributed by atoms with E-state index in [1.807, 2.05) is 24.6 Å². The summed E-state index contributed by atoms with van der Waals surface area (Å²) in [6, 6.07) is 2.07. The summed E-state index contributed by atoms with van der Waals surface area (Å²) in [5.74, 6) is 0.529. The van der Waals surface area contributed by atoms with Crippen molar-refractivity contribution in [3.05, 3.63) is 18.5 Å². The third kappa shape index (κ3) is 2.92. The van der Waals surface area contributed by atoms with Crippen molar-refractivity contribution < 1.29 is 9.59 Å². The quantitative estimate of drug-likeness (QED) is 0.933. The molecule has 0 aromatic carbocycles. The highest BCUT2D eigenvalue weighted by Crippen LogP contribution is 2.20. The smallest absolute Gasteiger partial charge is 0.282 e. The molecular weight excluding hydrogens is 302 g/mol. The number of pyridine rings is 1. The molecule has 3 rings (SSSR count). The van der Waals surface area contributed by atoms with E-state index in [0.29, 0.717) is 12.2 Å². The van der Waals surface area contributed by atoms with E-state index in [1.54, 1.807) is 17.3 Å². The van der Waals surface area contributed by atoms with Gasteiger partial charge in [-0.15, -0.1) is 0 Å². The lowest BCUT2D eigenvalue weighted by Crippen LogP contribution is -2.33. The van der Waals surface area contributed by atoms with E-state index in [1.165, 1.54) is 11.8 Å². The average molecular weight is 319 g/mol. The van der Waals surface area contributed by atoms with E-state index in [0.717, 1.165) is 16.8 Å². The number of rotatable bonds is 4. The Labute approximate surface area is 132 Å². The minimum absolute atomic E-state index is 0.0399. The molecule has 0 radical (unpaired) electrons. The summed E-state index contributed by atoms with van der Waals surface area (Å²) in [6.45, 7) is 4.77. The van der Waals surface area contributed by atoms with Crippen molar-refractivity contribution in [3.63, 3.8) is 0 Å². The van der Waals surface area contributed by atoms with Crippen LogP contribution in [0.2, 0.25) is 0 Å². The van der Waals surface area contributed by atoms with Gasteiger partial charge in [-0.1, -0.05) is 11.8 Å². The third-order valence-electron chi connectivity index (χ3n) is 3.39. The highest BCUT2D eigenvalue weighted by Gasteiger charge is 2.23. The van der Waals surface area contributed by atoms with Crippen LogP contribution in [0.5, 0.6) is 0 Å². The van der Waals surface area contributed by atoms with Crippen molar-refractivity contribution in [1.82, 2.24) is 19.7 Å². The van der Waals surface area contributed by atoms with Crippen molar-refractivity contribution in [2.45, 2.75) is 19.9 Å². The van der Waals surface area contributed by atoms with Crippen molar-refractivity contribution in [2.75, 3.05) is 24.2 Å². The highest BCUT2D eigenvalue weighted by molar-refractivity contribution is 8.13. The first-order valence-electron chi connectivity index (χ1n) is 7.09. The number of hydrogen-bond acceptors (Lipinski definition) is 5. The van der Waals surface area contributed by atoms with Crippen molar-refractivity contribution in [2.24, 2.45) is 0 Å². The summed E-state index contributed by atoms with van der Waals surface area (Å²) in [4.78, 5) is 29.4. The maximum atomic E-state index is 12.0. The van der Waals surface area contributed by atoms with Gasteiger partial charge in [0.05, 0.1) is 18.1 Å². The van der Waals surface area contributed by atoms with Crippen LogP contribution < -0.4 is 5.32 Å². The molecule has 2 aromatic heterocycles. The van der Waals surface area contributed by atoms with Gasteiger partial charge < -0.3 is 10.2 Å². The Morgan fingerprint density at radius 1 is 1.45 bits per heavy atom. The molecule has 116 valence electrons. The highest BCUT2D eigenvalue weighted by atomic mass is 32.2. The third-order valence-corrected chi connectivity index (χ3v) is 4.28. The van der Waals surface area contributed by atoms with Crippen LogP contribution in [0.25, 0.3) is 11.0 Å². The fourth-order valence-corrected chi connectivity index (χ4v) is 3.15. The molecule has 22 heavy (non-hydrogen) atoms. The number of hydrogen-bond donors (Lipinski definition) is 1. The second-order valence-electron chi connectivity index (χ2n) is 5.40. The standard InChI is InChI=1S/C14H17N5O2S/c1-9(2)19-13-10(6-16-19)5-11(7-15-13)17-12(20)8-18-3-4-22-14(18)21/h5-7,9H,3-4,8H2,1-2H3,(H,17,20). The maximum Gasteiger partial charge on any atom is 0.282 e. The van der Waals surface area contributed by atoms with Crippen LogP contribution in [0.4, 0.5) is 10.5 Å². The van der Waals surface area contributed by atoms with Gasteiger partial charge in [0.2, 0.25) is 5.91 Å². The van der Waals surface area contributed by atoms with Crippen molar-refractivity contribution >= 4 is 39.6 Å². The fourth-order valence-electron chi connectivity index (χ4n) is 2.33. The molecule has 2 aromatic rings. The molecule has 1 fully saturated rings. The number of thioether (sulfide) groups is 1. The Balaban J connectivity index is 1.71. The van der Waals surface area contributed by atoms with E-state index in [9.17, 15) is 9.59 Å². The summed E-state index contributed by atoms with van der Waals surface area (Å²) in [5.41, 5.74) is 1.40. The first-order chi connectivity index (χ1) is 10.5. The average Bonchev–Trinajstić information content (AvgIpc) is 3.05. The van der Waals surface area contributed by atoms with E-state index in [2.05, 4.69) is 15.4 Å².